The van der Waals surface area contributed by atoms with Crippen molar-refractivity contribution >= 4 is 5.91 Å². The number of nitrogens with one attached hydrogen (secondary N) is 1. The Hall–Kier alpha value is -1.73. The van der Waals surface area contributed by atoms with Crippen LogP contribution in [0.3, 0.4) is 0 Å². The molecule has 1 aromatic rings. The molecule has 2 saturated heterocycles. The maximum atomic E-state index is 12.6. The highest BCUT2D eigenvalue weighted by Crippen LogP contribution is 2.26. The number of carbonyl (C=O) groups excluding carboxylic acids is 1. The fourth-order valence-electron chi connectivity index (χ4n) is 3.73. The van der Waals surface area contributed by atoms with Gasteiger partial charge in [0.25, 0.3) is 0 Å². The molecule has 1 N–H and O–H groups in total. The van der Waals surface area contributed by atoms with E-state index in [0.717, 1.165) is 56.6 Å². The molecule has 0 saturated carbocycles. The highest BCUT2D eigenvalue weighted by Gasteiger charge is 2.33. The number of nitrogens with zero attached hydrogens (tertiary/aromatic N) is 3. The third-order valence-corrected chi connectivity index (χ3v) is 5.14. The lowest BCUT2D eigenvalue weighted by Crippen LogP contribution is -2.38. The van der Waals surface area contributed by atoms with Gasteiger partial charge in [-0.25, -0.2) is 9.97 Å². The number of hydrogen-bond donors (Lipinski definition) is 1. The maximum Gasteiger partial charge on any atom is 0.225 e. The van der Waals surface area contributed by atoms with Gasteiger partial charge in [0.1, 0.15) is 12.4 Å². The molecule has 0 aliphatic carbocycles. The van der Waals surface area contributed by atoms with E-state index in [-0.39, 0.29) is 17.9 Å². The molecule has 4 rings (SSSR count). The van der Waals surface area contributed by atoms with Gasteiger partial charge in [0.15, 0.2) is 0 Å². The average molecular weight is 332 g/mol. The number of ether oxygens (including phenoxy) is 2. The predicted octanol–water partition coefficient (Wildman–Crippen LogP) is 0.529. The summed E-state index contributed by atoms with van der Waals surface area (Å²) in [6.07, 6.45) is 5.06. The molecule has 0 radical (unpaired) electrons. The van der Waals surface area contributed by atoms with Crippen LogP contribution in [0, 0.1) is 5.92 Å². The SMILES string of the molecule is O=C(C1CCOCC1)N1CCC(Oc2ncnc3c2CNCC3)C1. The van der Waals surface area contributed by atoms with E-state index in [4.69, 9.17) is 9.47 Å². The summed E-state index contributed by atoms with van der Waals surface area (Å²) in [5.41, 5.74) is 2.14. The average Bonchev–Trinajstić information content (AvgIpc) is 3.11. The molecule has 3 aliphatic heterocycles. The van der Waals surface area contributed by atoms with E-state index < -0.39 is 0 Å². The standard InChI is InChI=1S/C17H24N4O3/c22-17(12-3-7-23-8-4-12)21-6-2-13(10-21)24-16-14-9-18-5-1-15(14)19-11-20-16/h11-13,18H,1-10H2. The Morgan fingerprint density at radius 3 is 3.04 bits per heavy atom. The minimum Gasteiger partial charge on any atom is -0.472 e. The molecule has 130 valence electrons. The zero-order valence-electron chi connectivity index (χ0n) is 13.9. The largest absolute Gasteiger partial charge is 0.472 e. The molecule has 1 amide bonds. The molecule has 7 heteroatoms. The first kappa shape index (κ1) is 15.8. The van der Waals surface area contributed by atoms with Gasteiger partial charge in [0.2, 0.25) is 11.8 Å². The van der Waals surface area contributed by atoms with Gasteiger partial charge < -0.3 is 19.7 Å². The van der Waals surface area contributed by atoms with Crippen molar-refractivity contribution in [1.29, 1.82) is 0 Å². The fraction of sp³-hybridized carbons (Fsp3) is 0.706. The van der Waals surface area contributed by atoms with Crippen molar-refractivity contribution in [2.75, 3.05) is 32.8 Å². The fourth-order valence-corrected chi connectivity index (χ4v) is 3.73. The number of likely N-dealkylation sites (tertiary alicyclic amines) is 1. The van der Waals surface area contributed by atoms with Crippen molar-refractivity contribution in [3.8, 4) is 5.88 Å². The van der Waals surface area contributed by atoms with E-state index in [1.165, 1.54) is 0 Å². The first-order valence-corrected chi connectivity index (χ1v) is 8.88. The molecule has 2 fully saturated rings. The zero-order valence-corrected chi connectivity index (χ0v) is 13.9. The number of carbonyl (C=O) groups is 1. The normalized spacial score (nSPS) is 24.7. The summed E-state index contributed by atoms with van der Waals surface area (Å²) in [5, 5.41) is 3.34. The molecular weight excluding hydrogens is 308 g/mol. The van der Waals surface area contributed by atoms with Crippen molar-refractivity contribution in [3.63, 3.8) is 0 Å². The minimum absolute atomic E-state index is 0.0229. The Bertz CT molecular complexity index is 603. The van der Waals surface area contributed by atoms with Crippen molar-refractivity contribution in [1.82, 2.24) is 20.2 Å². The van der Waals surface area contributed by atoms with Crippen LogP contribution >= 0.6 is 0 Å². The van der Waals surface area contributed by atoms with Crippen molar-refractivity contribution in [2.45, 2.75) is 38.3 Å². The van der Waals surface area contributed by atoms with E-state index in [0.29, 0.717) is 25.6 Å². The lowest BCUT2D eigenvalue weighted by Gasteiger charge is -2.26. The Morgan fingerprint density at radius 2 is 2.17 bits per heavy atom. The Morgan fingerprint density at radius 1 is 1.29 bits per heavy atom. The first-order chi connectivity index (χ1) is 11.8. The summed E-state index contributed by atoms with van der Waals surface area (Å²) in [6, 6.07) is 0. The molecule has 7 nitrogen and oxygen atoms in total. The second-order valence-electron chi connectivity index (χ2n) is 6.73. The Kier molecular flexibility index (Phi) is 4.62. The van der Waals surface area contributed by atoms with Crippen LogP contribution < -0.4 is 10.1 Å². The molecule has 4 heterocycles. The van der Waals surface area contributed by atoms with Crippen LogP contribution in [0.15, 0.2) is 6.33 Å². The highest BCUT2D eigenvalue weighted by molar-refractivity contribution is 5.79. The van der Waals surface area contributed by atoms with Gasteiger partial charge in [-0.2, -0.15) is 0 Å². The van der Waals surface area contributed by atoms with E-state index in [2.05, 4.69) is 15.3 Å². The third-order valence-electron chi connectivity index (χ3n) is 5.14. The van der Waals surface area contributed by atoms with Crippen molar-refractivity contribution in [2.24, 2.45) is 5.92 Å². The van der Waals surface area contributed by atoms with E-state index in [1.54, 1.807) is 6.33 Å². The first-order valence-electron chi connectivity index (χ1n) is 8.88. The number of amides is 1. The molecule has 0 spiro atoms. The van der Waals surface area contributed by atoms with Gasteiger partial charge in [-0.1, -0.05) is 0 Å². The number of fused-ring (bicyclic) bond motifs is 1. The molecule has 3 aliphatic rings. The van der Waals surface area contributed by atoms with Gasteiger partial charge >= 0.3 is 0 Å². The Labute approximate surface area is 141 Å². The molecule has 1 aromatic heterocycles. The molecule has 0 bridgehead atoms. The van der Waals surface area contributed by atoms with Gasteiger partial charge in [-0.05, 0) is 12.8 Å². The van der Waals surface area contributed by atoms with Crippen molar-refractivity contribution in [3.05, 3.63) is 17.6 Å². The third kappa shape index (κ3) is 3.23. The Balaban J connectivity index is 1.38. The van der Waals surface area contributed by atoms with E-state index in [9.17, 15) is 4.79 Å². The van der Waals surface area contributed by atoms with Gasteiger partial charge in [0, 0.05) is 57.2 Å². The summed E-state index contributed by atoms with van der Waals surface area (Å²) in [6.45, 7) is 4.52. The van der Waals surface area contributed by atoms with Crippen LogP contribution in [-0.2, 0) is 22.5 Å². The smallest absolute Gasteiger partial charge is 0.225 e. The van der Waals surface area contributed by atoms with Gasteiger partial charge in [0.05, 0.1) is 12.2 Å². The predicted molar refractivity (Wildman–Crippen MR) is 86.6 cm³/mol. The van der Waals surface area contributed by atoms with Gasteiger partial charge in [-0.3, -0.25) is 4.79 Å². The van der Waals surface area contributed by atoms with E-state index >= 15 is 0 Å². The summed E-state index contributed by atoms with van der Waals surface area (Å²) in [4.78, 5) is 23.2. The van der Waals surface area contributed by atoms with E-state index in [1.807, 2.05) is 4.90 Å². The summed E-state index contributed by atoms with van der Waals surface area (Å²) < 4.78 is 11.5. The summed E-state index contributed by atoms with van der Waals surface area (Å²) >= 11 is 0. The number of rotatable bonds is 3. The maximum absolute atomic E-state index is 12.6. The molecular formula is C17H24N4O3. The number of hydrogen-bond acceptors (Lipinski definition) is 6. The van der Waals surface area contributed by atoms with Crippen LogP contribution in [-0.4, -0.2) is 59.7 Å². The minimum atomic E-state index is 0.0229. The van der Waals surface area contributed by atoms with Crippen LogP contribution in [0.25, 0.3) is 0 Å². The van der Waals surface area contributed by atoms with Crippen LogP contribution in [0.2, 0.25) is 0 Å². The van der Waals surface area contributed by atoms with Gasteiger partial charge in [-0.15, -0.1) is 0 Å². The van der Waals surface area contributed by atoms with Crippen LogP contribution in [0.4, 0.5) is 0 Å². The monoisotopic (exact) mass is 332 g/mol. The quantitative estimate of drug-likeness (QED) is 0.870. The second kappa shape index (κ2) is 7.03. The lowest BCUT2D eigenvalue weighted by atomic mass is 9.99. The number of aromatic nitrogens is 2. The topological polar surface area (TPSA) is 76.6 Å². The molecule has 1 unspecified atom stereocenters. The van der Waals surface area contributed by atoms with Crippen LogP contribution in [0.1, 0.15) is 30.5 Å². The second-order valence-corrected chi connectivity index (χ2v) is 6.73. The molecule has 0 aromatic carbocycles. The summed E-state index contributed by atoms with van der Waals surface area (Å²) in [5.74, 6) is 1.06. The summed E-state index contributed by atoms with van der Waals surface area (Å²) in [7, 11) is 0. The highest BCUT2D eigenvalue weighted by atomic mass is 16.5. The van der Waals surface area contributed by atoms with Crippen LogP contribution in [0.5, 0.6) is 5.88 Å². The molecule has 1 atom stereocenters. The zero-order chi connectivity index (χ0) is 16.4. The van der Waals surface area contributed by atoms with Crippen molar-refractivity contribution < 1.29 is 14.3 Å². The lowest BCUT2D eigenvalue weighted by molar-refractivity contribution is -0.137. The molecule has 24 heavy (non-hydrogen) atoms.